The fraction of sp³-hybridized carbons (Fsp3) is 0.273. The van der Waals surface area contributed by atoms with Crippen LogP contribution in [0.5, 0.6) is 0 Å². The predicted molar refractivity (Wildman–Crippen MR) is 53.4 cm³/mol. The van der Waals surface area contributed by atoms with Crippen LogP contribution in [0, 0.1) is 0 Å². The van der Waals surface area contributed by atoms with Crippen LogP contribution in [0.1, 0.15) is 12.5 Å². The molecule has 0 spiro atoms. The number of rotatable bonds is 4. The Balaban J connectivity index is 2.57. The number of carbonyl (C=O) groups is 1. The Hall–Kier alpha value is -1.64. The van der Waals surface area contributed by atoms with E-state index in [1.165, 1.54) is 6.92 Å². The van der Waals surface area contributed by atoms with Crippen LogP contribution >= 0.6 is 0 Å². The minimum absolute atomic E-state index is 0.214. The SMILES string of the molecule is CC(=O)N[C@H]([C]=O)Cc1ccccc1. The lowest BCUT2D eigenvalue weighted by Crippen LogP contribution is -2.35. The quantitative estimate of drug-likeness (QED) is 0.764. The van der Waals surface area contributed by atoms with Crippen molar-refractivity contribution in [3.05, 3.63) is 35.9 Å². The third kappa shape index (κ3) is 3.39. The molecule has 1 N–H and O–H groups in total. The molecule has 1 aromatic rings. The summed E-state index contributed by atoms with van der Waals surface area (Å²) in [4.78, 5) is 21.2. The summed E-state index contributed by atoms with van der Waals surface area (Å²) in [5.74, 6) is -0.214. The highest BCUT2D eigenvalue weighted by Crippen LogP contribution is 2.01. The number of nitrogens with one attached hydrogen (secondary N) is 1. The Morgan fingerprint density at radius 1 is 1.43 bits per heavy atom. The second kappa shape index (κ2) is 5.17. The van der Waals surface area contributed by atoms with Gasteiger partial charge in [-0.2, -0.15) is 0 Å². The average Bonchev–Trinajstić information content (AvgIpc) is 2.17. The fourth-order valence-electron chi connectivity index (χ4n) is 1.22. The van der Waals surface area contributed by atoms with Crippen molar-refractivity contribution in [1.29, 1.82) is 0 Å². The number of amides is 1. The van der Waals surface area contributed by atoms with E-state index in [0.29, 0.717) is 6.42 Å². The molecule has 1 amide bonds. The van der Waals surface area contributed by atoms with Gasteiger partial charge in [-0.05, 0) is 5.56 Å². The normalized spacial score (nSPS) is 11.8. The van der Waals surface area contributed by atoms with Crippen LogP contribution in [-0.2, 0) is 16.0 Å². The zero-order valence-electron chi connectivity index (χ0n) is 7.99. The van der Waals surface area contributed by atoms with E-state index in [1.54, 1.807) is 6.29 Å². The van der Waals surface area contributed by atoms with Crippen molar-refractivity contribution < 1.29 is 9.59 Å². The summed E-state index contributed by atoms with van der Waals surface area (Å²) in [6.45, 7) is 1.38. The van der Waals surface area contributed by atoms with E-state index in [9.17, 15) is 9.59 Å². The number of carbonyl (C=O) groups excluding carboxylic acids is 2. The van der Waals surface area contributed by atoms with Crippen LogP contribution in [0.15, 0.2) is 30.3 Å². The molecule has 0 aliphatic carbocycles. The van der Waals surface area contributed by atoms with Crippen molar-refractivity contribution in [2.75, 3.05) is 0 Å². The second-order valence-corrected chi connectivity index (χ2v) is 3.06. The Labute approximate surface area is 83.1 Å². The van der Waals surface area contributed by atoms with Gasteiger partial charge in [0.05, 0.1) is 6.04 Å². The minimum atomic E-state index is -0.546. The van der Waals surface area contributed by atoms with E-state index in [2.05, 4.69) is 5.32 Å². The summed E-state index contributed by atoms with van der Waals surface area (Å²) >= 11 is 0. The molecule has 1 rings (SSSR count). The van der Waals surface area contributed by atoms with Gasteiger partial charge in [-0.3, -0.25) is 9.59 Å². The molecule has 1 radical (unpaired) electrons. The summed E-state index contributed by atoms with van der Waals surface area (Å²) in [5.41, 5.74) is 1.01. The van der Waals surface area contributed by atoms with Gasteiger partial charge in [0.1, 0.15) is 0 Å². The summed E-state index contributed by atoms with van der Waals surface area (Å²) in [6.07, 6.45) is 2.29. The Morgan fingerprint density at radius 2 is 2.07 bits per heavy atom. The first-order valence-electron chi connectivity index (χ1n) is 4.41. The van der Waals surface area contributed by atoms with Gasteiger partial charge >= 0.3 is 0 Å². The third-order valence-electron chi connectivity index (χ3n) is 1.80. The monoisotopic (exact) mass is 190 g/mol. The maximum atomic E-state index is 10.7. The van der Waals surface area contributed by atoms with Crippen molar-refractivity contribution in [2.24, 2.45) is 0 Å². The number of hydrogen-bond acceptors (Lipinski definition) is 2. The van der Waals surface area contributed by atoms with Crippen molar-refractivity contribution in [3.63, 3.8) is 0 Å². The molecule has 1 aromatic carbocycles. The first kappa shape index (κ1) is 10.4. The summed E-state index contributed by atoms with van der Waals surface area (Å²) in [5, 5.41) is 2.52. The van der Waals surface area contributed by atoms with Gasteiger partial charge in [-0.1, -0.05) is 30.3 Å². The zero-order chi connectivity index (χ0) is 10.4. The van der Waals surface area contributed by atoms with Crippen LogP contribution in [0.2, 0.25) is 0 Å². The first-order chi connectivity index (χ1) is 6.72. The van der Waals surface area contributed by atoms with E-state index in [1.807, 2.05) is 30.3 Å². The van der Waals surface area contributed by atoms with E-state index in [0.717, 1.165) is 5.56 Å². The lowest BCUT2D eigenvalue weighted by molar-refractivity contribution is -0.119. The molecular weight excluding hydrogens is 178 g/mol. The van der Waals surface area contributed by atoms with Crippen LogP contribution < -0.4 is 5.32 Å². The zero-order valence-corrected chi connectivity index (χ0v) is 7.99. The maximum absolute atomic E-state index is 10.7. The molecule has 3 nitrogen and oxygen atoms in total. The molecule has 0 fully saturated rings. The predicted octanol–water partition coefficient (Wildman–Crippen LogP) is 0.843. The molecule has 0 aromatic heterocycles. The molecule has 1 atom stereocenters. The molecule has 0 unspecified atom stereocenters. The second-order valence-electron chi connectivity index (χ2n) is 3.06. The molecule has 73 valence electrons. The Kier molecular flexibility index (Phi) is 3.85. The van der Waals surface area contributed by atoms with Crippen molar-refractivity contribution in [3.8, 4) is 0 Å². The summed E-state index contributed by atoms with van der Waals surface area (Å²) in [7, 11) is 0. The lowest BCUT2D eigenvalue weighted by Gasteiger charge is -2.09. The molecule has 0 bridgehead atoms. The minimum Gasteiger partial charge on any atom is -0.346 e. The molecule has 0 saturated carbocycles. The van der Waals surface area contributed by atoms with Crippen molar-refractivity contribution in [1.82, 2.24) is 5.32 Å². The van der Waals surface area contributed by atoms with Crippen LogP contribution in [-0.4, -0.2) is 18.2 Å². The lowest BCUT2D eigenvalue weighted by atomic mass is 10.1. The Bertz CT molecular complexity index is 308. The number of benzene rings is 1. The molecular formula is C11H12NO2. The van der Waals surface area contributed by atoms with E-state index >= 15 is 0 Å². The van der Waals surface area contributed by atoms with Crippen molar-refractivity contribution in [2.45, 2.75) is 19.4 Å². The molecule has 0 aliphatic rings. The third-order valence-corrected chi connectivity index (χ3v) is 1.80. The summed E-state index contributed by atoms with van der Waals surface area (Å²) in [6, 6.07) is 8.96. The van der Waals surface area contributed by atoms with Crippen LogP contribution in [0.4, 0.5) is 0 Å². The average molecular weight is 190 g/mol. The highest BCUT2D eigenvalue weighted by molar-refractivity contribution is 5.77. The molecule has 0 heterocycles. The Morgan fingerprint density at radius 3 is 2.57 bits per heavy atom. The smallest absolute Gasteiger partial charge is 0.223 e. The molecule has 14 heavy (non-hydrogen) atoms. The standard InChI is InChI=1S/C11H12NO2/c1-9(14)12-11(8-13)7-10-5-3-2-4-6-10/h2-6,11H,7H2,1H3,(H,12,14)/t11-/m0/s1. The van der Waals surface area contributed by atoms with Gasteiger partial charge in [0.15, 0.2) is 0 Å². The molecule has 0 saturated heterocycles. The van der Waals surface area contributed by atoms with Crippen LogP contribution in [0.25, 0.3) is 0 Å². The molecule has 3 heteroatoms. The van der Waals surface area contributed by atoms with Gasteiger partial charge < -0.3 is 5.32 Å². The van der Waals surface area contributed by atoms with Gasteiger partial charge in [0, 0.05) is 13.3 Å². The highest BCUT2D eigenvalue weighted by atomic mass is 16.2. The van der Waals surface area contributed by atoms with Crippen molar-refractivity contribution >= 4 is 12.2 Å². The van der Waals surface area contributed by atoms with E-state index in [4.69, 9.17) is 0 Å². The van der Waals surface area contributed by atoms with E-state index < -0.39 is 6.04 Å². The topological polar surface area (TPSA) is 46.2 Å². The van der Waals surface area contributed by atoms with E-state index in [-0.39, 0.29) is 5.91 Å². The van der Waals surface area contributed by atoms with Crippen LogP contribution in [0.3, 0.4) is 0 Å². The van der Waals surface area contributed by atoms with Gasteiger partial charge in [-0.15, -0.1) is 0 Å². The largest absolute Gasteiger partial charge is 0.346 e. The van der Waals surface area contributed by atoms with Gasteiger partial charge in [-0.25, -0.2) is 0 Å². The summed E-state index contributed by atoms with van der Waals surface area (Å²) < 4.78 is 0. The first-order valence-corrected chi connectivity index (χ1v) is 4.41. The maximum Gasteiger partial charge on any atom is 0.223 e. The molecule has 0 aliphatic heterocycles. The highest BCUT2D eigenvalue weighted by Gasteiger charge is 2.09. The number of hydrogen-bond donors (Lipinski definition) is 1. The van der Waals surface area contributed by atoms with Gasteiger partial charge in [0.2, 0.25) is 12.2 Å². The fourth-order valence-corrected chi connectivity index (χ4v) is 1.22. The van der Waals surface area contributed by atoms with Gasteiger partial charge in [0.25, 0.3) is 0 Å².